The van der Waals surface area contributed by atoms with E-state index in [2.05, 4.69) is 10.6 Å². The van der Waals surface area contributed by atoms with E-state index in [-0.39, 0.29) is 24.9 Å². The summed E-state index contributed by atoms with van der Waals surface area (Å²) >= 11 is 0. The van der Waals surface area contributed by atoms with Crippen molar-refractivity contribution in [1.29, 1.82) is 0 Å². The van der Waals surface area contributed by atoms with Crippen LogP contribution in [0, 0.1) is 0 Å². The Morgan fingerprint density at radius 1 is 1.31 bits per heavy atom. The third kappa shape index (κ3) is 1.95. The van der Waals surface area contributed by atoms with Crippen LogP contribution in [0.3, 0.4) is 0 Å². The molecule has 0 radical (unpaired) electrons. The maximum Gasteiger partial charge on any atom is 0.403 e. The molecule has 2 rings (SSSR count). The molecule has 6 heteroatoms. The van der Waals surface area contributed by atoms with E-state index < -0.39 is 12.2 Å². The lowest BCUT2D eigenvalue weighted by atomic mass is 10.1. The molecule has 0 aromatic rings. The zero-order valence-corrected chi connectivity index (χ0v) is 7.06. The second kappa shape index (κ2) is 2.83. The highest BCUT2D eigenvalue weighted by Gasteiger charge is 2.51. The first-order chi connectivity index (χ1) is 5.97. The van der Waals surface area contributed by atoms with E-state index in [9.17, 15) is 13.2 Å². The number of rotatable bonds is 0. The number of halogens is 3. The van der Waals surface area contributed by atoms with Gasteiger partial charge in [0.25, 0.3) is 0 Å². The quantitative estimate of drug-likeness (QED) is 0.556. The van der Waals surface area contributed by atoms with E-state index in [1.807, 2.05) is 0 Å². The van der Waals surface area contributed by atoms with Gasteiger partial charge in [-0.25, -0.2) is 0 Å². The van der Waals surface area contributed by atoms with Gasteiger partial charge in [-0.1, -0.05) is 0 Å². The molecule has 4 atom stereocenters. The minimum absolute atomic E-state index is 0.00546. The van der Waals surface area contributed by atoms with Gasteiger partial charge in [0.05, 0.1) is 6.17 Å². The summed E-state index contributed by atoms with van der Waals surface area (Å²) in [5.41, 5.74) is 0. The number of hydrogen-bond donors (Lipinski definition) is 2. The molecule has 0 aliphatic carbocycles. The molecule has 0 aromatic carbocycles. The summed E-state index contributed by atoms with van der Waals surface area (Å²) < 4.78 is 42.0. The molecule has 2 N–H and O–H groups in total. The van der Waals surface area contributed by atoms with Gasteiger partial charge in [0.1, 0.15) is 18.4 Å². The van der Waals surface area contributed by atoms with Crippen molar-refractivity contribution in [2.24, 2.45) is 0 Å². The van der Waals surface area contributed by atoms with E-state index in [1.165, 1.54) is 0 Å². The Labute approximate surface area is 73.6 Å². The average molecular weight is 196 g/mol. The van der Waals surface area contributed by atoms with Crippen molar-refractivity contribution in [1.82, 2.24) is 10.6 Å². The van der Waals surface area contributed by atoms with Gasteiger partial charge in [0, 0.05) is 6.42 Å². The molecule has 0 amide bonds. The van der Waals surface area contributed by atoms with Crippen LogP contribution in [0.15, 0.2) is 0 Å². The SMILES string of the molecule is CC1NC2OC2CC(C(F)(F)F)N1. The molecule has 2 saturated heterocycles. The first-order valence-electron chi connectivity index (χ1n) is 4.21. The predicted octanol–water partition coefficient (Wildman–Crippen LogP) is 0.571. The van der Waals surface area contributed by atoms with Gasteiger partial charge in [0.15, 0.2) is 0 Å². The Bertz CT molecular complexity index is 206. The van der Waals surface area contributed by atoms with Gasteiger partial charge in [-0.3, -0.25) is 10.6 Å². The Balaban J connectivity index is 2.03. The second-order valence-corrected chi connectivity index (χ2v) is 3.48. The number of hydrogen-bond acceptors (Lipinski definition) is 3. The molecular formula is C7H11F3N2O. The first kappa shape index (κ1) is 9.23. The molecular weight excluding hydrogens is 185 g/mol. The highest BCUT2D eigenvalue weighted by atomic mass is 19.4. The van der Waals surface area contributed by atoms with Crippen LogP contribution < -0.4 is 10.6 Å². The Morgan fingerprint density at radius 2 is 2.00 bits per heavy atom. The van der Waals surface area contributed by atoms with Crippen molar-refractivity contribution in [2.45, 2.75) is 44.1 Å². The van der Waals surface area contributed by atoms with Crippen molar-refractivity contribution in [3.63, 3.8) is 0 Å². The summed E-state index contributed by atoms with van der Waals surface area (Å²) in [7, 11) is 0. The van der Waals surface area contributed by atoms with Crippen LogP contribution in [0.1, 0.15) is 13.3 Å². The lowest BCUT2D eigenvalue weighted by Crippen LogP contribution is -2.50. The number of epoxide rings is 1. The monoisotopic (exact) mass is 196 g/mol. The van der Waals surface area contributed by atoms with Crippen LogP contribution in [-0.4, -0.2) is 30.7 Å². The predicted molar refractivity (Wildman–Crippen MR) is 38.9 cm³/mol. The van der Waals surface area contributed by atoms with Gasteiger partial charge in [-0.2, -0.15) is 13.2 Å². The number of ether oxygens (including phenoxy) is 1. The van der Waals surface area contributed by atoms with Crippen molar-refractivity contribution in [3.05, 3.63) is 0 Å². The minimum atomic E-state index is -4.18. The topological polar surface area (TPSA) is 36.6 Å². The lowest BCUT2D eigenvalue weighted by molar-refractivity contribution is -0.160. The molecule has 0 aromatic heterocycles. The molecule has 76 valence electrons. The summed E-state index contributed by atoms with van der Waals surface area (Å²) in [5, 5.41) is 5.35. The normalized spacial score (nSPS) is 45.2. The third-order valence-electron chi connectivity index (χ3n) is 2.31. The van der Waals surface area contributed by atoms with Crippen molar-refractivity contribution in [3.8, 4) is 0 Å². The van der Waals surface area contributed by atoms with E-state index in [0.717, 1.165) is 0 Å². The van der Waals surface area contributed by atoms with Crippen molar-refractivity contribution in [2.75, 3.05) is 0 Å². The van der Waals surface area contributed by atoms with E-state index in [1.54, 1.807) is 6.92 Å². The zero-order valence-electron chi connectivity index (χ0n) is 7.06. The van der Waals surface area contributed by atoms with Gasteiger partial charge < -0.3 is 4.74 Å². The fourth-order valence-electron chi connectivity index (χ4n) is 1.59. The summed E-state index contributed by atoms with van der Waals surface area (Å²) in [5.74, 6) is 0. The smallest absolute Gasteiger partial charge is 0.353 e. The third-order valence-corrected chi connectivity index (χ3v) is 2.31. The largest absolute Gasteiger partial charge is 0.403 e. The first-order valence-corrected chi connectivity index (χ1v) is 4.21. The number of alkyl halides is 3. The summed E-state index contributed by atoms with van der Waals surface area (Å²) in [6.45, 7) is 1.66. The Morgan fingerprint density at radius 3 is 2.62 bits per heavy atom. The van der Waals surface area contributed by atoms with Crippen LogP contribution >= 0.6 is 0 Å². The molecule has 2 heterocycles. The van der Waals surface area contributed by atoms with Crippen LogP contribution in [0.25, 0.3) is 0 Å². The van der Waals surface area contributed by atoms with Gasteiger partial charge in [0.2, 0.25) is 0 Å². The van der Waals surface area contributed by atoms with Gasteiger partial charge in [-0.15, -0.1) is 0 Å². The standard InChI is InChI=1S/C7H11F3N2O/c1-3-11-5(7(8,9)10)2-4-6(12-3)13-4/h3-6,11-12H,2H2,1H3. The molecule has 2 aliphatic heterocycles. The fourth-order valence-corrected chi connectivity index (χ4v) is 1.59. The molecule has 3 nitrogen and oxygen atoms in total. The molecule has 0 saturated carbocycles. The highest BCUT2D eigenvalue weighted by molar-refractivity contribution is 4.94. The number of fused-ring (bicyclic) bond motifs is 1. The maximum atomic E-state index is 12.3. The van der Waals surface area contributed by atoms with E-state index in [4.69, 9.17) is 4.74 Å². The summed E-state index contributed by atoms with van der Waals surface area (Å²) in [6.07, 6.45) is -4.99. The zero-order chi connectivity index (χ0) is 9.64. The summed E-state index contributed by atoms with van der Waals surface area (Å²) in [6, 6.07) is -1.45. The Kier molecular flexibility index (Phi) is 2.01. The molecule has 0 spiro atoms. The maximum absolute atomic E-state index is 12.3. The van der Waals surface area contributed by atoms with Crippen molar-refractivity contribution >= 4 is 0 Å². The minimum Gasteiger partial charge on any atom is -0.353 e. The second-order valence-electron chi connectivity index (χ2n) is 3.48. The molecule has 2 fully saturated rings. The summed E-state index contributed by atoms with van der Waals surface area (Å²) in [4.78, 5) is 0. The van der Waals surface area contributed by atoms with E-state index >= 15 is 0 Å². The Hall–Kier alpha value is -0.330. The molecule has 13 heavy (non-hydrogen) atoms. The van der Waals surface area contributed by atoms with Crippen LogP contribution in [0.4, 0.5) is 13.2 Å². The lowest BCUT2D eigenvalue weighted by Gasteiger charge is -2.23. The van der Waals surface area contributed by atoms with Crippen LogP contribution in [-0.2, 0) is 4.74 Å². The highest BCUT2D eigenvalue weighted by Crippen LogP contribution is 2.33. The fraction of sp³-hybridized carbons (Fsp3) is 1.00. The van der Waals surface area contributed by atoms with Crippen molar-refractivity contribution < 1.29 is 17.9 Å². The molecule has 2 aliphatic rings. The van der Waals surface area contributed by atoms with Gasteiger partial charge >= 0.3 is 6.18 Å². The molecule has 0 bridgehead atoms. The van der Waals surface area contributed by atoms with E-state index in [0.29, 0.717) is 0 Å². The molecule has 4 unspecified atom stereocenters. The van der Waals surface area contributed by atoms with Crippen LogP contribution in [0.2, 0.25) is 0 Å². The van der Waals surface area contributed by atoms with Gasteiger partial charge in [-0.05, 0) is 6.92 Å². The van der Waals surface area contributed by atoms with Crippen LogP contribution in [0.5, 0.6) is 0 Å². The number of nitrogens with one attached hydrogen (secondary N) is 2. The average Bonchev–Trinajstić information content (AvgIpc) is 2.61.